The molecule has 1 aliphatic heterocycles. The third-order valence-electron chi connectivity index (χ3n) is 4.72. The van der Waals surface area contributed by atoms with Crippen LogP contribution < -0.4 is 0 Å². The number of fused-ring (bicyclic) bond motifs is 1. The summed E-state index contributed by atoms with van der Waals surface area (Å²) in [7, 11) is 0. The van der Waals surface area contributed by atoms with E-state index in [2.05, 4.69) is 15.2 Å². The van der Waals surface area contributed by atoms with Crippen molar-refractivity contribution in [2.24, 2.45) is 0 Å². The van der Waals surface area contributed by atoms with E-state index in [4.69, 9.17) is 4.42 Å². The van der Waals surface area contributed by atoms with Gasteiger partial charge in [0, 0.05) is 36.3 Å². The number of H-pyrrole nitrogens is 1. The van der Waals surface area contributed by atoms with Crippen LogP contribution in [0.15, 0.2) is 34.7 Å². The average molecular weight is 366 g/mol. The molecule has 8 heteroatoms. The van der Waals surface area contributed by atoms with E-state index in [1.54, 1.807) is 11.8 Å². The number of carbonyl (C=O) groups is 2. The molecule has 2 N–H and O–H groups in total. The smallest absolute Gasteiger partial charge is 0.356 e. The largest absolute Gasteiger partial charge is 0.476 e. The quantitative estimate of drug-likeness (QED) is 0.732. The maximum absolute atomic E-state index is 12.7. The topological polar surface area (TPSA) is 112 Å². The Labute approximate surface area is 154 Å². The number of aromatic nitrogens is 3. The van der Waals surface area contributed by atoms with Crippen LogP contribution in [0, 0.1) is 6.92 Å². The van der Waals surface area contributed by atoms with Gasteiger partial charge in [-0.1, -0.05) is 18.2 Å². The Bertz CT molecular complexity index is 1010. The Balaban J connectivity index is 1.51. The number of benzene rings is 1. The molecule has 0 unspecified atom stereocenters. The normalized spacial score (nSPS) is 13.4. The minimum Gasteiger partial charge on any atom is -0.476 e. The van der Waals surface area contributed by atoms with Crippen LogP contribution in [0.1, 0.15) is 33.2 Å². The number of hydrogen-bond acceptors (Lipinski definition) is 5. The Morgan fingerprint density at radius 3 is 2.81 bits per heavy atom. The number of oxazole rings is 1. The second kappa shape index (κ2) is 6.71. The van der Waals surface area contributed by atoms with Crippen molar-refractivity contribution in [1.82, 2.24) is 20.1 Å². The van der Waals surface area contributed by atoms with Crippen molar-refractivity contribution in [3.05, 3.63) is 58.7 Å². The summed E-state index contributed by atoms with van der Waals surface area (Å²) >= 11 is 0. The molecule has 0 spiro atoms. The van der Waals surface area contributed by atoms with Crippen molar-refractivity contribution in [3.8, 4) is 11.5 Å². The fourth-order valence-corrected chi connectivity index (χ4v) is 3.24. The molecule has 0 saturated carbocycles. The maximum Gasteiger partial charge on any atom is 0.356 e. The first-order chi connectivity index (χ1) is 13.0. The lowest BCUT2D eigenvalue weighted by atomic mass is 10.0. The predicted octanol–water partition coefficient (Wildman–Crippen LogP) is 2.20. The van der Waals surface area contributed by atoms with Gasteiger partial charge in [-0.2, -0.15) is 5.10 Å². The average Bonchev–Trinajstić information content (AvgIpc) is 3.25. The van der Waals surface area contributed by atoms with Crippen molar-refractivity contribution in [1.29, 1.82) is 0 Å². The van der Waals surface area contributed by atoms with Gasteiger partial charge >= 0.3 is 5.97 Å². The first kappa shape index (κ1) is 17.0. The van der Waals surface area contributed by atoms with Gasteiger partial charge in [0.2, 0.25) is 11.8 Å². The zero-order valence-electron chi connectivity index (χ0n) is 14.7. The molecule has 8 nitrogen and oxygen atoms in total. The van der Waals surface area contributed by atoms with E-state index in [9.17, 15) is 14.7 Å². The number of aryl methyl sites for hydroxylation is 1. The van der Waals surface area contributed by atoms with Crippen LogP contribution >= 0.6 is 0 Å². The Kier molecular flexibility index (Phi) is 4.23. The van der Waals surface area contributed by atoms with Crippen LogP contribution in [-0.2, 0) is 24.2 Å². The highest BCUT2D eigenvalue weighted by Crippen LogP contribution is 2.24. The van der Waals surface area contributed by atoms with E-state index in [1.807, 2.05) is 30.3 Å². The molecule has 0 aliphatic carbocycles. The van der Waals surface area contributed by atoms with E-state index >= 15 is 0 Å². The number of aromatic amines is 1. The van der Waals surface area contributed by atoms with Crippen molar-refractivity contribution in [2.45, 2.75) is 26.3 Å². The van der Waals surface area contributed by atoms with Crippen LogP contribution in [0.25, 0.3) is 11.5 Å². The molecule has 0 radical (unpaired) electrons. The minimum atomic E-state index is -1.10. The van der Waals surface area contributed by atoms with Crippen molar-refractivity contribution in [2.75, 3.05) is 6.54 Å². The number of hydrogen-bond donors (Lipinski definition) is 2. The lowest BCUT2D eigenvalue weighted by molar-refractivity contribution is -0.131. The number of nitrogens with zero attached hydrogens (tertiary/aromatic N) is 3. The standard InChI is InChI=1S/C19H18N4O4/c1-11-15(20-18(27-11)12-5-3-2-4-6-12)9-16(24)23-8-7-14-13(10-23)17(19(25)26)22-21-14/h2-6H,7-10H2,1H3,(H,21,22)(H,25,26). The number of amides is 1. The molecule has 3 aromatic rings. The zero-order chi connectivity index (χ0) is 19.0. The predicted molar refractivity (Wildman–Crippen MR) is 95.0 cm³/mol. The van der Waals surface area contributed by atoms with Crippen molar-refractivity contribution < 1.29 is 19.1 Å². The molecule has 0 bridgehead atoms. The van der Waals surface area contributed by atoms with E-state index < -0.39 is 5.97 Å². The van der Waals surface area contributed by atoms with E-state index in [-0.39, 0.29) is 24.6 Å². The van der Waals surface area contributed by atoms with Gasteiger partial charge in [0.1, 0.15) is 5.76 Å². The molecule has 0 saturated heterocycles. The fraction of sp³-hybridized carbons (Fsp3) is 0.263. The Hall–Kier alpha value is -3.42. The van der Waals surface area contributed by atoms with E-state index in [0.29, 0.717) is 35.9 Å². The molecule has 0 atom stereocenters. The lowest BCUT2D eigenvalue weighted by Gasteiger charge is -2.26. The minimum absolute atomic E-state index is 0.0218. The van der Waals surface area contributed by atoms with E-state index in [0.717, 1.165) is 11.3 Å². The highest BCUT2D eigenvalue weighted by Gasteiger charge is 2.28. The summed E-state index contributed by atoms with van der Waals surface area (Å²) in [5.41, 5.74) is 2.78. The van der Waals surface area contributed by atoms with Crippen LogP contribution in [0.2, 0.25) is 0 Å². The van der Waals surface area contributed by atoms with E-state index in [1.165, 1.54) is 0 Å². The molecule has 1 aromatic carbocycles. The van der Waals surface area contributed by atoms with Gasteiger partial charge < -0.3 is 14.4 Å². The van der Waals surface area contributed by atoms with Crippen LogP contribution in [0.5, 0.6) is 0 Å². The van der Waals surface area contributed by atoms with Gasteiger partial charge in [-0.25, -0.2) is 9.78 Å². The molecule has 3 heterocycles. The first-order valence-corrected chi connectivity index (χ1v) is 8.62. The van der Waals surface area contributed by atoms with Crippen molar-refractivity contribution in [3.63, 3.8) is 0 Å². The molecule has 2 aromatic heterocycles. The molecule has 138 valence electrons. The van der Waals surface area contributed by atoms with Crippen LogP contribution in [0.3, 0.4) is 0 Å². The van der Waals surface area contributed by atoms with Gasteiger partial charge in [-0.3, -0.25) is 9.89 Å². The summed E-state index contributed by atoms with van der Waals surface area (Å²) in [4.78, 5) is 30.1. The maximum atomic E-state index is 12.7. The number of carboxylic acid groups (broad SMARTS) is 1. The van der Waals surface area contributed by atoms with Gasteiger partial charge in [0.05, 0.1) is 12.1 Å². The van der Waals surface area contributed by atoms with Gasteiger partial charge in [-0.15, -0.1) is 0 Å². The lowest BCUT2D eigenvalue weighted by Crippen LogP contribution is -2.37. The van der Waals surface area contributed by atoms with Crippen LogP contribution in [-0.4, -0.2) is 43.6 Å². The molecule has 4 rings (SSSR count). The highest BCUT2D eigenvalue weighted by molar-refractivity contribution is 5.88. The van der Waals surface area contributed by atoms with Gasteiger partial charge in [0.25, 0.3) is 0 Å². The number of carbonyl (C=O) groups excluding carboxylic acids is 1. The fourth-order valence-electron chi connectivity index (χ4n) is 3.24. The SMILES string of the molecule is Cc1oc(-c2ccccc2)nc1CC(=O)N1CCc2[nH]nc(C(=O)O)c2C1. The second-order valence-corrected chi connectivity index (χ2v) is 6.46. The zero-order valence-corrected chi connectivity index (χ0v) is 14.7. The molecular weight excluding hydrogens is 348 g/mol. The van der Waals surface area contributed by atoms with Crippen LogP contribution in [0.4, 0.5) is 0 Å². The number of aromatic carboxylic acids is 1. The number of carboxylic acids is 1. The Morgan fingerprint density at radius 1 is 1.30 bits per heavy atom. The molecule has 0 fully saturated rings. The summed E-state index contributed by atoms with van der Waals surface area (Å²) in [6, 6.07) is 9.51. The summed E-state index contributed by atoms with van der Waals surface area (Å²) in [5.74, 6) is -0.120. The summed E-state index contributed by atoms with van der Waals surface area (Å²) < 4.78 is 5.71. The summed E-state index contributed by atoms with van der Waals surface area (Å²) in [6.07, 6.45) is 0.659. The summed E-state index contributed by atoms with van der Waals surface area (Å²) in [6.45, 7) is 2.53. The third-order valence-corrected chi connectivity index (χ3v) is 4.72. The highest BCUT2D eigenvalue weighted by atomic mass is 16.4. The molecule has 1 amide bonds. The molecule has 1 aliphatic rings. The number of nitrogens with one attached hydrogen (secondary N) is 1. The summed E-state index contributed by atoms with van der Waals surface area (Å²) in [5, 5.41) is 15.8. The first-order valence-electron chi connectivity index (χ1n) is 8.62. The van der Waals surface area contributed by atoms with Crippen molar-refractivity contribution >= 4 is 11.9 Å². The Morgan fingerprint density at radius 2 is 2.07 bits per heavy atom. The van der Waals surface area contributed by atoms with Gasteiger partial charge in [-0.05, 0) is 19.1 Å². The third kappa shape index (κ3) is 3.21. The monoisotopic (exact) mass is 366 g/mol. The van der Waals surface area contributed by atoms with Gasteiger partial charge in [0.15, 0.2) is 5.69 Å². The molecule has 27 heavy (non-hydrogen) atoms. The number of rotatable bonds is 4. The molecular formula is C19H18N4O4. The second-order valence-electron chi connectivity index (χ2n) is 6.46.